The van der Waals surface area contributed by atoms with Gasteiger partial charge in [0.1, 0.15) is 17.4 Å². The molecule has 7 heteroatoms. The SMILES string of the molecule is Cc1oc(NS(=O)(=O)c2ccc(Cl)cc2)c(C#N)c1C. The fourth-order valence-electron chi connectivity index (χ4n) is 1.63. The molecule has 20 heavy (non-hydrogen) atoms. The largest absolute Gasteiger partial charge is 0.443 e. The number of nitrogens with one attached hydrogen (secondary N) is 1. The van der Waals surface area contributed by atoms with Crippen molar-refractivity contribution in [1.82, 2.24) is 0 Å². The minimum Gasteiger partial charge on any atom is -0.443 e. The van der Waals surface area contributed by atoms with E-state index in [0.717, 1.165) is 0 Å². The van der Waals surface area contributed by atoms with E-state index in [1.54, 1.807) is 13.8 Å². The van der Waals surface area contributed by atoms with Crippen molar-refractivity contribution in [2.75, 3.05) is 4.72 Å². The van der Waals surface area contributed by atoms with Gasteiger partial charge >= 0.3 is 0 Å². The number of nitrogens with zero attached hydrogens (tertiary/aromatic N) is 1. The summed E-state index contributed by atoms with van der Waals surface area (Å²) in [6, 6.07) is 7.62. The van der Waals surface area contributed by atoms with Crippen molar-refractivity contribution in [1.29, 1.82) is 5.26 Å². The van der Waals surface area contributed by atoms with Crippen molar-refractivity contribution in [3.05, 3.63) is 46.2 Å². The van der Waals surface area contributed by atoms with Crippen LogP contribution in [0.4, 0.5) is 5.88 Å². The molecule has 2 rings (SSSR count). The number of furan rings is 1. The summed E-state index contributed by atoms with van der Waals surface area (Å²) in [6.45, 7) is 3.35. The van der Waals surface area contributed by atoms with E-state index in [2.05, 4.69) is 4.72 Å². The summed E-state index contributed by atoms with van der Waals surface area (Å²) in [6.07, 6.45) is 0. The molecule has 0 saturated carbocycles. The summed E-state index contributed by atoms with van der Waals surface area (Å²) in [5.41, 5.74) is 0.793. The minimum atomic E-state index is -3.82. The quantitative estimate of drug-likeness (QED) is 0.943. The molecule has 1 aromatic heterocycles. The zero-order chi connectivity index (χ0) is 14.9. The van der Waals surface area contributed by atoms with Gasteiger partial charge in [0.05, 0.1) is 4.90 Å². The van der Waals surface area contributed by atoms with Crippen LogP contribution in [0.15, 0.2) is 33.6 Å². The number of anilines is 1. The molecule has 104 valence electrons. The number of halogens is 1. The first-order chi connectivity index (χ1) is 9.35. The van der Waals surface area contributed by atoms with Crippen LogP contribution in [0.5, 0.6) is 0 Å². The third kappa shape index (κ3) is 2.64. The molecule has 0 amide bonds. The highest BCUT2D eigenvalue weighted by Crippen LogP contribution is 2.27. The van der Waals surface area contributed by atoms with Gasteiger partial charge in [0.15, 0.2) is 0 Å². The van der Waals surface area contributed by atoms with E-state index in [1.165, 1.54) is 24.3 Å². The third-order valence-electron chi connectivity index (χ3n) is 2.85. The van der Waals surface area contributed by atoms with Crippen LogP contribution in [-0.4, -0.2) is 8.42 Å². The molecule has 0 radical (unpaired) electrons. The van der Waals surface area contributed by atoms with Crippen molar-refractivity contribution in [2.24, 2.45) is 0 Å². The summed E-state index contributed by atoms with van der Waals surface area (Å²) in [5, 5.41) is 9.49. The molecule has 1 aromatic carbocycles. The van der Waals surface area contributed by atoms with E-state index in [4.69, 9.17) is 21.3 Å². The Labute approximate surface area is 121 Å². The van der Waals surface area contributed by atoms with Crippen LogP contribution >= 0.6 is 11.6 Å². The van der Waals surface area contributed by atoms with E-state index in [-0.39, 0.29) is 16.3 Å². The van der Waals surface area contributed by atoms with Crippen molar-refractivity contribution in [2.45, 2.75) is 18.7 Å². The van der Waals surface area contributed by atoms with Gasteiger partial charge in [0, 0.05) is 10.6 Å². The lowest BCUT2D eigenvalue weighted by Gasteiger charge is -2.05. The zero-order valence-corrected chi connectivity index (χ0v) is 12.3. The Kier molecular flexibility index (Phi) is 3.75. The van der Waals surface area contributed by atoms with Gasteiger partial charge in [-0.1, -0.05) is 11.6 Å². The highest BCUT2D eigenvalue weighted by atomic mass is 35.5. The van der Waals surface area contributed by atoms with Crippen molar-refractivity contribution in [3.63, 3.8) is 0 Å². The summed E-state index contributed by atoms with van der Waals surface area (Å²) < 4.78 is 31.9. The van der Waals surface area contributed by atoms with E-state index < -0.39 is 10.0 Å². The average molecular weight is 311 g/mol. The van der Waals surface area contributed by atoms with Gasteiger partial charge in [-0.05, 0) is 38.1 Å². The Bertz CT molecular complexity index is 786. The van der Waals surface area contributed by atoms with Crippen LogP contribution in [0.25, 0.3) is 0 Å². The lowest BCUT2D eigenvalue weighted by molar-refractivity contribution is 0.546. The number of aryl methyl sites for hydroxylation is 1. The maximum atomic E-state index is 12.2. The molecule has 1 heterocycles. The lowest BCUT2D eigenvalue weighted by atomic mass is 10.2. The molecule has 0 atom stereocenters. The number of benzene rings is 1. The van der Waals surface area contributed by atoms with Crippen LogP contribution in [0, 0.1) is 25.2 Å². The topological polar surface area (TPSA) is 83.1 Å². The smallest absolute Gasteiger partial charge is 0.264 e. The number of hydrogen-bond acceptors (Lipinski definition) is 4. The van der Waals surface area contributed by atoms with E-state index in [9.17, 15) is 8.42 Å². The number of sulfonamides is 1. The van der Waals surface area contributed by atoms with E-state index in [0.29, 0.717) is 16.3 Å². The molecule has 2 aromatic rings. The fourth-order valence-corrected chi connectivity index (χ4v) is 2.75. The monoisotopic (exact) mass is 310 g/mol. The van der Waals surface area contributed by atoms with E-state index in [1.807, 2.05) is 6.07 Å². The van der Waals surface area contributed by atoms with Gasteiger partial charge in [-0.3, -0.25) is 0 Å². The highest BCUT2D eigenvalue weighted by Gasteiger charge is 2.21. The standard InChI is InChI=1S/C13H11ClN2O3S/c1-8-9(2)19-13(12(8)7-15)16-20(17,18)11-5-3-10(14)4-6-11/h3-6,16H,1-2H3. The molecular weight excluding hydrogens is 300 g/mol. The molecule has 0 aliphatic carbocycles. The first-order valence-electron chi connectivity index (χ1n) is 5.63. The summed E-state index contributed by atoms with van der Waals surface area (Å²) in [5.74, 6) is 0.424. The van der Waals surface area contributed by atoms with Crippen LogP contribution in [-0.2, 0) is 10.0 Å². The predicted octanol–water partition coefficient (Wildman–Crippen LogP) is 3.22. The van der Waals surface area contributed by atoms with Gasteiger partial charge in [-0.15, -0.1) is 0 Å². The van der Waals surface area contributed by atoms with Gasteiger partial charge in [0.25, 0.3) is 10.0 Å². The molecule has 0 bridgehead atoms. The summed E-state index contributed by atoms with van der Waals surface area (Å²) >= 11 is 5.72. The number of rotatable bonds is 3. The summed E-state index contributed by atoms with van der Waals surface area (Å²) in [4.78, 5) is 0.0393. The first-order valence-corrected chi connectivity index (χ1v) is 7.49. The Morgan fingerprint density at radius 2 is 1.85 bits per heavy atom. The van der Waals surface area contributed by atoms with Gasteiger partial charge < -0.3 is 4.42 Å². The van der Waals surface area contributed by atoms with Gasteiger partial charge in [-0.2, -0.15) is 5.26 Å². The Balaban J connectivity index is 2.41. The number of nitriles is 1. The van der Waals surface area contributed by atoms with Crippen molar-refractivity contribution < 1.29 is 12.8 Å². The second-order valence-electron chi connectivity index (χ2n) is 4.16. The second kappa shape index (κ2) is 5.19. The Morgan fingerprint density at radius 3 is 2.40 bits per heavy atom. The normalized spacial score (nSPS) is 11.1. The molecule has 0 aliphatic rings. The number of hydrogen-bond donors (Lipinski definition) is 1. The van der Waals surface area contributed by atoms with Crippen LogP contribution in [0.2, 0.25) is 5.02 Å². The van der Waals surface area contributed by atoms with Crippen LogP contribution < -0.4 is 4.72 Å². The zero-order valence-electron chi connectivity index (χ0n) is 10.8. The molecule has 0 aliphatic heterocycles. The van der Waals surface area contributed by atoms with Crippen LogP contribution in [0.3, 0.4) is 0 Å². The van der Waals surface area contributed by atoms with Gasteiger partial charge in [-0.25, -0.2) is 13.1 Å². The minimum absolute atomic E-state index is 0.0393. The molecule has 0 fully saturated rings. The van der Waals surface area contributed by atoms with Gasteiger partial charge in [0.2, 0.25) is 5.88 Å². The second-order valence-corrected chi connectivity index (χ2v) is 6.28. The Hall–Kier alpha value is -1.97. The first kappa shape index (κ1) is 14.4. The molecule has 0 spiro atoms. The molecule has 0 unspecified atom stereocenters. The van der Waals surface area contributed by atoms with Crippen LogP contribution in [0.1, 0.15) is 16.9 Å². The maximum absolute atomic E-state index is 12.2. The van der Waals surface area contributed by atoms with E-state index >= 15 is 0 Å². The lowest BCUT2D eigenvalue weighted by Crippen LogP contribution is -2.13. The van der Waals surface area contributed by atoms with Crippen molar-refractivity contribution in [3.8, 4) is 6.07 Å². The fraction of sp³-hybridized carbons (Fsp3) is 0.154. The predicted molar refractivity (Wildman–Crippen MR) is 75.2 cm³/mol. The van der Waals surface area contributed by atoms with Crippen molar-refractivity contribution >= 4 is 27.5 Å². The molecular formula is C13H11ClN2O3S. The maximum Gasteiger partial charge on any atom is 0.264 e. The summed E-state index contributed by atoms with van der Waals surface area (Å²) in [7, 11) is -3.82. The average Bonchev–Trinajstić information content (AvgIpc) is 2.64. The molecule has 1 N–H and O–H groups in total. The highest BCUT2D eigenvalue weighted by molar-refractivity contribution is 7.92. The third-order valence-corrected chi connectivity index (χ3v) is 4.45. The Morgan fingerprint density at radius 1 is 1.25 bits per heavy atom. The molecule has 5 nitrogen and oxygen atoms in total. The molecule has 0 saturated heterocycles.